The molecule has 3 aromatic rings. The Kier molecular flexibility index (Phi) is 7.68. The van der Waals surface area contributed by atoms with Crippen molar-refractivity contribution in [3.8, 4) is 0 Å². The van der Waals surface area contributed by atoms with Gasteiger partial charge in [0.15, 0.2) is 0 Å². The average molecular weight is 450 g/mol. The zero-order valence-electron chi connectivity index (χ0n) is 18.0. The summed E-state index contributed by atoms with van der Waals surface area (Å²) in [6.45, 7) is 4.94. The molecule has 1 amide bonds. The molecule has 3 aromatic carbocycles. The monoisotopic (exact) mass is 449 g/mol. The number of anilines is 2. The third-order valence-corrected chi connectivity index (χ3v) is 6.78. The van der Waals surface area contributed by atoms with E-state index in [9.17, 15) is 13.2 Å². The first kappa shape index (κ1) is 23.1. The third-order valence-electron chi connectivity index (χ3n) is 4.97. The number of rotatable bonds is 10. The van der Waals surface area contributed by atoms with E-state index in [2.05, 4.69) is 16.8 Å². The van der Waals surface area contributed by atoms with Crippen LogP contribution < -0.4 is 14.5 Å². The minimum atomic E-state index is -3.74. The fraction of sp³-hybridized carbons (Fsp3) is 0.160. The Morgan fingerprint density at radius 3 is 2.09 bits per heavy atom. The molecule has 0 saturated carbocycles. The number of benzene rings is 3. The molecule has 0 aliphatic rings. The van der Waals surface area contributed by atoms with Gasteiger partial charge in [-0.15, -0.1) is 6.58 Å². The minimum absolute atomic E-state index is 0.120. The van der Waals surface area contributed by atoms with Gasteiger partial charge < -0.3 is 10.2 Å². The van der Waals surface area contributed by atoms with E-state index in [1.54, 1.807) is 54.6 Å². The van der Waals surface area contributed by atoms with Crippen molar-refractivity contribution in [1.82, 2.24) is 5.32 Å². The van der Waals surface area contributed by atoms with Crippen LogP contribution in [0.15, 0.2) is 102 Å². The predicted molar refractivity (Wildman–Crippen MR) is 130 cm³/mol. The molecule has 0 aromatic heterocycles. The number of carbonyl (C=O) groups is 1. The van der Waals surface area contributed by atoms with Crippen molar-refractivity contribution < 1.29 is 13.2 Å². The minimum Gasteiger partial charge on any atom is -0.373 e. The molecule has 7 heteroatoms. The van der Waals surface area contributed by atoms with Crippen molar-refractivity contribution in [2.45, 2.75) is 4.90 Å². The van der Waals surface area contributed by atoms with E-state index in [0.717, 1.165) is 5.69 Å². The van der Waals surface area contributed by atoms with E-state index >= 15 is 0 Å². The Hall–Kier alpha value is -3.58. The number of hydrogen-bond donors (Lipinski definition) is 1. The smallest absolute Gasteiger partial charge is 0.264 e. The SMILES string of the molecule is C=CCN(c1ccc(C(=O)NCCN(C)c2ccccc2)cc1)S(=O)(=O)c1ccccc1. The number of amides is 1. The number of likely N-dealkylation sites (N-methyl/N-ethyl adjacent to an activating group) is 1. The highest BCUT2D eigenvalue weighted by Crippen LogP contribution is 2.24. The number of nitrogens with one attached hydrogen (secondary N) is 1. The van der Waals surface area contributed by atoms with Crippen molar-refractivity contribution in [1.29, 1.82) is 0 Å². The summed E-state index contributed by atoms with van der Waals surface area (Å²) in [5.74, 6) is -0.209. The Labute approximate surface area is 189 Å². The van der Waals surface area contributed by atoms with Crippen LogP contribution in [0.1, 0.15) is 10.4 Å². The van der Waals surface area contributed by atoms with E-state index < -0.39 is 10.0 Å². The van der Waals surface area contributed by atoms with Crippen molar-refractivity contribution in [2.75, 3.05) is 35.9 Å². The summed E-state index contributed by atoms with van der Waals surface area (Å²) in [7, 11) is -1.77. The zero-order chi connectivity index (χ0) is 23.0. The lowest BCUT2D eigenvalue weighted by Crippen LogP contribution is -2.33. The van der Waals surface area contributed by atoms with Crippen molar-refractivity contribution >= 4 is 27.3 Å². The topological polar surface area (TPSA) is 69.7 Å². The maximum atomic E-state index is 13.1. The van der Waals surface area contributed by atoms with E-state index in [1.807, 2.05) is 37.4 Å². The normalized spacial score (nSPS) is 10.9. The number of hydrogen-bond acceptors (Lipinski definition) is 4. The van der Waals surface area contributed by atoms with Crippen molar-refractivity contribution in [3.63, 3.8) is 0 Å². The van der Waals surface area contributed by atoms with Crippen LogP contribution in [0.25, 0.3) is 0 Å². The summed E-state index contributed by atoms with van der Waals surface area (Å²) in [6.07, 6.45) is 1.53. The summed E-state index contributed by atoms with van der Waals surface area (Å²) >= 11 is 0. The van der Waals surface area contributed by atoms with Gasteiger partial charge in [0.05, 0.1) is 17.1 Å². The fourth-order valence-corrected chi connectivity index (χ4v) is 4.67. The summed E-state index contributed by atoms with van der Waals surface area (Å²) in [4.78, 5) is 14.8. The van der Waals surface area contributed by atoms with E-state index in [0.29, 0.717) is 24.3 Å². The van der Waals surface area contributed by atoms with Crippen molar-refractivity contribution in [3.05, 3.63) is 103 Å². The van der Waals surface area contributed by atoms with Gasteiger partial charge in [0, 0.05) is 31.4 Å². The largest absolute Gasteiger partial charge is 0.373 e. The number of sulfonamides is 1. The van der Waals surface area contributed by atoms with Gasteiger partial charge in [0.1, 0.15) is 0 Å². The highest BCUT2D eigenvalue weighted by molar-refractivity contribution is 7.92. The van der Waals surface area contributed by atoms with E-state index in [4.69, 9.17) is 0 Å². The Balaban J connectivity index is 1.66. The van der Waals surface area contributed by atoms with Crippen LogP contribution in [0.4, 0.5) is 11.4 Å². The molecule has 166 valence electrons. The van der Waals surface area contributed by atoms with Gasteiger partial charge in [-0.1, -0.05) is 42.5 Å². The summed E-state index contributed by atoms with van der Waals surface area (Å²) in [5, 5.41) is 2.90. The molecule has 0 bridgehead atoms. The molecular formula is C25H27N3O3S. The van der Waals surface area contributed by atoms with Gasteiger partial charge in [-0.2, -0.15) is 0 Å². The molecule has 32 heavy (non-hydrogen) atoms. The Morgan fingerprint density at radius 2 is 1.50 bits per heavy atom. The quantitative estimate of drug-likeness (QED) is 0.476. The lowest BCUT2D eigenvalue weighted by Gasteiger charge is -2.23. The Bertz CT molecular complexity index is 1130. The van der Waals surface area contributed by atoms with Crippen LogP contribution >= 0.6 is 0 Å². The predicted octanol–water partition coefficient (Wildman–Crippen LogP) is 3.93. The molecule has 0 aliphatic carbocycles. The van der Waals surface area contributed by atoms with Gasteiger partial charge in [-0.25, -0.2) is 8.42 Å². The van der Waals surface area contributed by atoms with Gasteiger partial charge in [-0.3, -0.25) is 9.10 Å². The second kappa shape index (κ2) is 10.6. The third kappa shape index (κ3) is 5.56. The molecule has 0 saturated heterocycles. The molecule has 3 rings (SSSR count). The molecule has 0 unspecified atom stereocenters. The molecule has 0 fully saturated rings. The van der Waals surface area contributed by atoms with Crippen LogP contribution in [0.3, 0.4) is 0 Å². The second-order valence-corrected chi connectivity index (χ2v) is 9.06. The molecule has 6 nitrogen and oxygen atoms in total. The first-order valence-corrected chi connectivity index (χ1v) is 11.7. The molecule has 1 N–H and O–H groups in total. The highest BCUT2D eigenvalue weighted by Gasteiger charge is 2.23. The molecule has 0 aliphatic heterocycles. The van der Waals surface area contributed by atoms with Gasteiger partial charge in [0.2, 0.25) is 0 Å². The number of nitrogens with zero attached hydrogens (tertiary/aromatic N) is 2. The summed E-state index contributed by atoms with van der Waals surface area (Å²) in [5.41, 5.74) is 2.01. The number of carbonyl (C=O) groups excluding carboxylic acids is 1. The fourth-order valence-electron chi connectivity index (χ4n) is 3.21. The van der Waals surface area contributed by atoms with Gasteiger partial charge in [0.25, 0.3) is 15.9 Å². The first-order valence-electron chi connectivity index (χ1n) is 10.3. The van der Waals surface area contributed by atoms with E-state index in [-0.39, 0.29) is 17.3 Å². The van der Waals surface area contributed by atoms with Crippen LogP contribution in [0, 0.1) is 0 Å². The van der Waals surface area contributed by atoms with Crippen LogP contribution in [0.5, 0.6) is 0 Å². The standard InChI is InChI=1S/C25H27N3O3S/c1-3-19-28(32(30,31)24-12-8-5-9-13-24)23-16-14-21(15-17-23)25(29)26-18-20-27(2)22-10-6-4-7-11-22/h3-17H,1,18-20H2,2H3,(H,26,29). The summed E-state index contributed by atoms with van der Waals surface area (Å²) in [6, 6.07) is 24.7. The average Bonchev–Trinajstić information content (AvgIpc) is 2.83. The Morgan fingerprint density at radius 1 is 0.906 bits per heavy atom. The van der Waals surface area contributed by atoms with Crippen LogP contribution in [0.2, 0.25) is 0 Å². The lowest BCUT2D eigenvalue weighted by molar-refractivity contribution is 0.0954. The molecule has 0 spiro atoms. The molecule has 0 heterocycles. The molecule has 0 atom stereocenters. The van der Waals surface area contributed by atoms with Crippen LogP contribution in [-0.4, -0.2) is 41.0 Å². The lowest BCUT2D eigenvalue weighted by atomic mass is 10.2. The van der Waals surface area contributed by atoms with Gasteiger partial charge >= 0.3 is 0 Å². The van der Waals surface area contributed by atoms with Crippen LogP contribution in [-0.2, 0) is 10.0 Å². The zero-order valence-corrected chi connectivity index (χ0v) is 18.8. The second-order valence-electron chi connectivity index (χ2n) is 7.20. The van der Waals surface area contributed by atoms with E-state index in [1.165, 1.54) is 10.4 Å². The number of para-hydroxylation sites is 1. The van der Waals surface area contributed by atoms with Crippen molar-refractivity contribution in [2.24, 2.45) is 0 Å². The first-order chi connectivity index (χ1) is 15.4. The van der Waals surface area contributed by atoms with Gasteiger partial charge in [-0.05, 0) is 48.5 Å². The highest BCUT2D eigenvalue weighted by atomic mass is 32.2. The molecular weight excluding hydrogens is 422 g/mol. The maximum Gasteiger partial charge on any atom is 0.264 e. The maximum absolute atomic E-state index is 13.1. The molecule has 0 radical (unpaired) electrons. The summed E-state index contributed by atoms with van der Waals surface area (Å²) < 4.78 is 27.4.